The van der Waals surface area contributed by atoms with Crippen LogP contribution in [0.1, 0.15) is 0 Å². The average molecular weight is 664 g/mol. The first-order valence-electron chi connectivity index (χ1n) is 17.8. The minimum absolute atomic E-state index is 0.874. The topological polar surface area (TPSA) is 16.4 Å². The SMILES string of the molecule is c1cc(-c2cc3ccccc3o2)cc(-c2ccc(N(c3ccc(-c4cccc5ccccc45)cc3)c3ccc4ccccc4c3)c3ccccc23)c1. The zero-order valence-electron chi connectivity index (χ0n) is 28.4. The van der Waals surface area contributed by atoms with Crippen LogP contribution in [0.3, 0.4) is 0 Å². The number of furan rings is 1. The number of anilines is 3. The van der Waals surface area contributed by atoms with Crippen LogP contribution < -0.4 is 4.90 Å². The van der Waals surface area contributed by atoms with E-state index in [0.717, 1.165) is 44.9 Å². The second-order valence-electron chi connectivity index (χ2n) is 13.3. The number of benzene rings is 9. The highest BCUT2D eigenvalue weighted by atomic mass is 16.3. The first-order chi connectivity index (χ1) is 25.8. The van der Waals surface area contributed by atoms with Crippen LogP contribution in [0, 0.1) is 0 Å². The molecule has 0 N–H and O–H groups in total. The molecule has 0 unspecified atom stereocenters. The van der Waals surface area contributed by atoms with Gasteiger partial charge in [0.05, 0.1) is 5.69 Å². The summed E-state index contributed by atoms with van der Waals surface area (Å²) < 4.78 is 6.26. The summed E-state index contributed by atoms with van der Waals surface area (Å²) in [6.45, 7) is 0. The Balaban J connectivity index is 1.12. The first-order valence-corrected chi connectivity index (χ1v) is 17.8. The van der Waals surface area contributed by atoms with E-state index < -0.39 is 0 Å². The van der Waals surface area contributed by atoms with Crippen LogP contribution in [0.4, 0.5) is 17.1 Å². The van der Waals surface area contributed by atoms with Crippen molar-refractivity contribution >= 4 is 60.3 Å². The van der Waals surface area contributed by atoms with E-state index in [1.54, 1.807) is 0 Å². The molecule has 1 aromatic heterocycles. The van der Waals surface area contributed by atoms with Gasteiger partial charge in [-0.2, -0.15) is 0 Å². The second kappa shape index (κ2) is 12.5. The predicted octanol–water partition coefficient (Wildman–Crippen LogP) is 14.4. The van der Waals surface area contributed by atoms with Crippen molar-refractivity contribution < 1.29 is 4.42 Å². The monoisotopic (exact) mass is 663 g/mol. The van der Waals surface area contributed by atoms with Crippen LogP contribution in [0.15, 0.2) is 205 Å². The van der Waals surface area contributed by atoms with E-state index in [-0.39, 0.29) is 0 Å². The lowest BCUT2D eigenvalue weighted by Crippen LogP contribution is -2.10. The summed E-state index contributed by atoms with van der Waals surface area (Å²) in [5.41, 5.74) is 10.1. The highest BCUT2D eigenvalue weighted by Gasteiger charge is 2.19. The van der Waals surface area contributed by atoms with E-state index in [4.69, 9.17) is 4.42 Å². The number of nitrogens with zero attached hydrogens (tertiary/aromatic N) is 1. The smallest absolute Gasteiger partial charge is 0.135 e. The quantitative estimate of drug-likeness (QED) is 0.176. The summed E-state index contributed by atoms with van der Waals surface area (Å²) >= 11 is 0. The van der Waals surface area contributed by atoms with E-state index in [1.165, 1.54) is 49.0 Å². The molecule has 10 aromatic rings. The average Bonchev–Trinajstić information content (AvgIpc) is 3.66. The largest absolute Gasteiger partial charge is 0.456 e. The molecule has 0 aliphatic rings. The molecule has 244 valence electrons. The van der Waals surface area contributed by atoms with Gasteiger partial charge >= 0.3 is 0 Å². The van der Waals surface area contributed by atoms with E-state index in [1.807, 2.05) is 18.2 Å². The zero-order chi connectivity index (χ0) is 34.4. The maximum atomic E-state index is 6.26. The van der Waals surface area contributed by atoms with Gasteiger partial charge in [0.1, 0.15) is 11.3 Å². The molecule has 0 spiro atoms. The molecule has 0 aliphatic heterocycles. The molecule has 0 amide bonds. The van der Waals surface area contributed by atoms with Gasteiger partial charge in [-0.1, -0.05) is 152 Å². The molecule has 1 heterocycles. The maximum absolute atomic E-state index is 6.26. The zero-order valence-corrected chi connectivity index (χ0v) is 28.4. The van der Waals surface area contributed by atoms with E-state index in [2.05, 4.69) is 187 Å². The van der Waals surface area contributed by atoms with Crippen molar-refractivity contribution in [2.75, 3.05) is 4.90 Å². The van der Waals surface area contributed by atoms with E-state index in [9.17, 15) is 0 Å². The summed E-state index contributed by atoms with van der Waals surface area (Å²) in [7, 11) is 0. The highest BCUT2D eigenvalue weighted by Crippen LogP contribution is 2.44. The molecule has 2 heteroatoms. The van der Waals surface area contributed by atoms with Crippen molar-refractivity contribution in [1.82, 2.24) is 0 Å². The summed E-state index contributed by atoms with van der Waals surface area (Å²) in [6, 6.07) is 71.8. The van der Waals surface area contributed by atoms with Gasteiger partial charge in [0.2, 0.25) is 0 Å². The highest BCUT2D eigenvalue weighted by molar-refractivity contribution is 6.07. The lowest BCUT2D eigenvalue weighted by molar-refractivity contribution is 0.631. The Kier molecular flexibility index (Phi) is 7.18. The minimum Gasteiger partial charge on any atom is -0.456 e. The van der Waals surface area contributed by atoms with Gasteiger partial charge < -0.3 is 9.32 Å². The minimum atomic E-state index is 0.874. The third kappa shape index (κ3) is 5.21. The number of fused-ring (bicyclic) bond motifs is 4. The molecule has 10 rings (SSSR count). The van der Waals surface area contributed by atoms with Crippen molar-refractivity contribution in [3.8, 4) is 33.6 Å². The van der Waals surface area contributed by atoms with Gasteiger partial charge in [0, 0.05) is 27.7 Å². The first kappa shape index (κ1) is 30.0. The Morgan fingerprint density at radius 1 is 0.327 bits per heavy atom. The van der Waals surface area contributed by atoms with Crippen molar-refractivity contribution in [2.24, 2.45) is 0 Å². The third-order valence-electron chi connectivity index (χ3n) is 10.2. The Morgan fingerprint density at radius 3 is 1.81 bits per heavy atom. The lowest BCUT2D eigenvalue weighted by Gasteiger charge is -2.28. The fourth-order valence-corrected chi connectivity index (χ4v) is 7.70. The van der Waals surface area contributed by atoms with Gasteiger partial charge in [0.25, 0.3) is 0 Å². The fourth-order valence-electron chi connectivity index (χ4n) is 7.70. The van der Waals surface area contributed by atoms with Crippen LogP contribution in [-0.2, 0) is 0 Å². The van der Waals surface area contributed by atoms with Crippen molar-refractivity contribution in [2.45, 2.75) is 0 Å². The molecule has 0 bridgehead atoms. The van der Waals surface area contributed by atoms with Crippen LogP contribution >= 0.6 is 0 Å². The van der Waals surface area contributed by atoms with Gasteiger partial charge in [-0.05, 0) is 97.7 Å². The van der Waals surface area contributed by atoms with E-state index in [0.29, 0.717) is 0 Å². The standard InChI is InChI=1S/C50H33NO/c1-2-13-37-32-42(28-23-34(37)11-1)51(41-26-24-36(25-27-41)44-21-10-15-35-12-3-5-18-43(35)44)48-30-29-45(46-19-6-7-20-47(46)48)38-16-9-17-39(31-38)50-33-40-14-4-8-22-49(40)52-50/h1-33H. The van der Waals surface area contributed by atoms with Gasteiger partial charge in [-0.25, -0.2) is 0 Å². The predicted molar refractivity (Wildman–Crippen MR) is 220 cm³/mol. The van der Waals surface area contributed by atoms with Crippen molar-refractivity contribution in [1.29, 1.82) is 0 Å². The van der Waals surface area contributed by atoms with Crippen LogP contribution in [-0.4, -0.2) is 0 Å². The van der Waals surface area contributed by atoms with Crippen molar-refractivity contribution in [3.05, 3.63) is 200 Å². The fraction of sp³-hybridized carbons (Fsp3) is 0. The second-order valence-corrected chi connectivity index (χ2v) is 13.3. The Hall–Kier alpha value is -6.90. The molecule has 9 aromatic carbocycles. The van der Waals surface area contributed by atoms with Gasteiger partial charge in [-0.3, -0.25) is 0 Å². The number of hydrogen-bond donors (Lipinski definition) is 0. The number of para-hydroxylation sites is 1. The Morgan fingerprint density at radius 2 is 0.962 bits per heavy atom. The summed E-state index contributed by atoms with van der Waals surface area (Å²) in [4.78, 5) is 2.40. The molecular formula is C50H33NO. The Labute approximate surface area is 302 Å². The lowest BCUT2D eigenvalue weighted by atomic mass is 9.94. The van der Waals surface area contributed by atoms with Crippen LogP contribution in [0.25, 0.3) is 76.9 Å². The van der Waals surface area contributed by atoms with E-state index >= 15 is 0 Å². The summed E-state index contributed by atoms with van der Waals surface area (Å²) in [5, 5.41) is 8.42. The molecule has 0 atom stereocenters. The number of rotatable bonds is 6. The van der Waals surface area contributed by atoms with Crippen molar-refractivity contribution in [3.63, 3.8) is 0 Å². The molecule has 0 fully saturated rings. The normalized spacial score (nSPS) is 11.5. The van der Waals surface area contributed by atoms with Gasteiger partial charge in [0.15, 0.2) is 0 Å². The number of hydrogen-bond acceptors (Lipinski definition) is 2. The molecule has 0 radical (unpaired) electrons. The Bertz CT molecular complexity index is 2880. The summed E-state index contributed by atoms with van der Waals surface area (Å²) in [5.74, 6) is 0.874. The maximum Gasteiger partial charge on any atom is 0.135 e. The van der Waals surface area contributed by atoms with Crippen LogP contribution in [0.5, 0.6) is 0 Å². The molecule has 0 saturated carbocycles. The molecule has 0 aliphatic carbocycles. The molecular weight excluding hydrogens is 631 g/mol. The summed E-state index contributed by atoms with van der Waals surface area (Å²) in [6.07, 6.45) is 0. The molecule has 0 saturated heterocycles. The van der Waals surface area contributed by atoms with Crippen LogP contribution in [0.2, 0.25) is 0 Å². The van der Waals surface area contributed by atoms with Gasteiger partial charge in [-0.15, -0.1) is 0 Å². The third-order valence-corrected chi connectivity index (χ3v) is 10.2. The molecule has 52 heavy (non-hydrogen) atoms. The molecule has 2 nitrogen and oxygen atoms in total.